The van der Waals surface area contributed by atoms with Gasteiger partial charge >= 0.3 is 12.3 Å². The number of benzene rings is 1. The summed E-state index contributed by atoms with van der Waals surface area (Å²) in [5.74, 6) is 0.797. The minimum absolute atomic E-state index is 0.132. The molecule has 3 atom stereocenters. The highest BCUT2D eigenvalue weighted by Crippen LogP contribution is 2.40. The molecule has 5 nitrogen and oxygen atoms in total. The van der Waals surface area contributed by atoms with E-state index < -0.39 is 11.7 Å². The molecular formula is C19H19F3N2O3S. The lowest BCUT2D eigenvalue weighted by Gasteiger charge is -2.20. The SMILES string of the molecule is O=C(OCc1nccs1)N1C[C@H]2C[C@@H](Oc3cccc(C(F)(F)F)c3)C[C@H]2C1. The van der Waals surface area contributed by atoms with Crippen molar-refractivity contribution in [2.45, 2.75) is 31.7 Å². The van der Waals surface area contributed by atoms with Crippen LogP contribution < -0.4 is 4.74 Å². The summed E-state index contributed by atoms with van der Waals surface area (Å²) in [5, 5.41) is 2.58. The maximum absolute atomic E-state index is 12.8. The molecular weight excluding hydrogens is 393 g/mol. The third kappa shape index (κ3) is 4.24. The molecule has 0 spiro atoms. The Morgan fingerprint density at radius 2 is 2.00 bits per heavy atom. The van der Waals surface area contributed by atoms with Gasteiger partial charge in [-0.05, 0) is 42.9 Å². The molecule has 1 saturated carbocycles. The third-order valence-electron chi connectivity index (χ3n) is 5.23. The highest BCUT2D eigenvalue weighted by atomic mass is 32.1. The maximum Gasteiger partial charge on any atom is 0.416 e. The van der Waals surface area contributed by atoms with Crippen molar-refractivity contribution in [3.05, 3.63) is 46.4 Å². The summed E-state index contributed by atoms with van der Waals surface area (Å²) in [6.45, 7) is 1.34. The van der Waals surface area contributed by atoms with Crippen LogP contribution in [0.1, 0.15) is 23.4 Å². The number of ether oxygens (including phenoxy) is 2. The molecule has 150 valence electrons. The lowest BCUT2D eigenvalue weighted by molar-refractivity contribution is -0.137. The fourth-order valence-electron chi connectivity index (χ4n) is 3.97. The normalized spacial score (nSPS) is 24.2. The van der Waals surface area contributed by atoms with E-state index in [4.69, 9.17) is 9.47 Å². The van der Waals surface area contributed by atoms with Crippen molar-refractivity contribution in [3.8, 4) is 5.75 Å². The first-order valence-corrected chi connectivity index (χ1v) is 9.90. The van der Waals surface area contributed by atoms with Crippen LogP contribution in [-0.4, -0.2) is 35.2 Å². The highest BCUT2D eigenvalue weighted by molar-refractivity contribution is 7.09. The van der Waals surface area contributed by atoms with E-state index >= 15 is 0 Å². The van der Waals surface area contributed by atoms with Crippen LogP contribution in [0.2, 0.25) is 0 Å². The van der Waals surface area contributed by atoms with Crippen LogP contribution in [0.15, 0.2) is 35.8 Å². The number of carbonyl (C=O) groups excluding carboxylic acids is 1. The molecule has 1 aliphatic heterocycles. The van der Waals surface area contributed by atoms with Crippen LogP contribution in [-0.2, 0) is 17.5 Å². The molecule has 4 rings (SSSR count). The van der Waals surface area contributed by atoms with Gasteiger partial charge < -0.3 is 14.4 Å². The molecule has 0 unspecified atom stereocenters. The molecule has 0 N–H and O–H groups in total. The van der Waals surface area contributed by atoms with Gasteiger partial charge in [0.1, 0.15) is 17.4 Å². The van der Waals surface area contributed by atoms with Crippen molar-refractivity contribution >= 4 is 17.4 Å². The minimum Gasteiger partial charge on any atom is -0.490 e. The van der Waals surface area contributed by atoms with Gasteiger partial charge in [-0.25, -0.2) is 9.78 Å². The lowest BCUT2D eigenvalue weighted by Crippen LogP contribution is -2.31. The van der Waals surface area contributed by atoms with E-state index in [0.29, 0.717) is 13.1 Å². The number of likely N-dealkylation sites (tertiary alicyclic amines) is 1. The lowest BCUT2D eigenvalue weighted by atomic mass is 10.0. The molecule has 28 heavy (non-hydrogen) atoms. The molecule has 0 radical (unpaired) electrons. The molecule has 2 fully saturated rings. The number of amides is 1. The van der Waals surface area contributed by atoms with E-state index in [1.54, 1.807) is 17.2 Å². The molecule has 1 saturated heterocycles. The second-order valence-electron chi connectivity index (χ2n) is 7.14. The molecule has 1 aromatic heterocycles. The molecule has 9 heteroatoms. The van der Waals surface area contributed by atoms with Crippen LogP contribution in [0.5, 0.6) is 5.75 Å². The second-order valence-corrected chi connectivity index (χ2v) is 8.12. The fourth-order valence-corrected chi connectivity index (χ4v) is 4.49. The molecule has 2 aliphatic rings. The van der Waals surface area contributed by atoms with Gasteiger partial charge in [-0.15, -0.1) is 11.3 Å². The number of rotatable bonds is 4. The van der Waals surface area contributed by atoms with Gasteiger partial charge in [-0.2, -0.15) is 13.2 Å². The van der Waals surface area contributed by atoms with Crippen LogP contribution in [0.25, 0.3) is 0 Å². The molecule has 0 bridgehead atoms. The monoisotopic (exact) mass is 412 g/mol. The number of fused-ring (bicyclic) bond motifs is 1. The average Bonchev–Trinajstić information content (AvgIpc) is 3.35. The Morgan fingerprint density at radius 1 is 1.25 bits per heavy atom. The molecule has 2 heterocycles. The molecule has 1 amide bonds. The quantitative estimate of drug-likeness (QED) is 0.737. The summed E-state index contributed by atoms with van der Waals surface area (Å²) < 4.78 is 49.6. The Balaban J connectivity index is 1.28. The van der Waals surface area contributed by atoms with Crippen molar-refractivity contribution in [1.82, 2.24) is 9.88 Å². The van der Waals surface area contributed by atoms with Gasteiger partial charge in [0.05, 0.1) is 11.7 Å². The zero-order valence-electron chi connectivity index (χ0n) is 14.9. The summed E-state index contributed by atoms with van der Waals surface area (Å²) in [7, 11) is 0. The molecule has 1 aliphatic carbocycles. The van der Waals surface area contributed by atoms with E-state index in [-0.39, 0.29) is 36.4 Å². The Labute approximate surface area is 164 Å². The van der Waals surface area contributed by atoms with Crippen molar-refractivity contribution in [1.29, 1.82) is 0 Å². The zero-order valence-corrected chi connectivity index (χ0v) is 15.7. The Morgan fingerprint density at radius 3 is 2.64 bits per heavy atom. The Kier molecular flexibility index (Phi) is 5.18. The van der Waals surface area contributed by atoms with Gasteiger partial charge in [0.15, 0.2) is 0 Å². The second kappa shape index (κ2) is 7.62. The summed E-state index contributed by atoms with van der Waals surface area (Å²) in [6.07, 6.45) is -1.76. The van der Waals surface area contributed by atoms with Gasteiger partial charge in [0.25, 0.3) is 0 Å². The first-order chi connectivity index (χ1) is 13.4. The van der Waals surface area contributed by atoms with Gasteiger partial charge in [0.2, 0.25) is 0 Å². The number of nitrogens with zero attached hydrogens (tertiary/aromatic N) is 2. The molecule has 2 aromatic rings. The van der Waals surface area contributed by atoms with E-state index in [2.05, 4.69) is 4.98 Å². The van der Waals surface area contributed by atoms with Gasteiger partial charge in [0, 0.05) is 24.7 Å². The van der Waals surface area contributed by atoms with Gasteiger partial charge in [-0.1, -0.05) is 6.07 Å². The topological polar surface area (TPSA) is 51.7 Å². The Bertz CT molecular complexity index is 814. The fraction of sp³-hybridized carbons (Fsp3) is 0.474. The minimum atomic E-state index is -4.38. The number of thiazole rings is 1. The van der Waals surface area contributed by atoms with E-state index in [9.17, 15) is 18.0 Å². The van der Waals surface area contributed by atoms with Crippen LogP contribution >= 0.6 is 11.3 Å². The third-order valence-corrected chi connectivity index (χ3v) is 5.99. The highest BCUT2D eigenvalue weighted by Gasteiger charge is 2.44. The number of aromatic nitrogens is 1. The Hall–Kier alpha value is -2.29. The van der Waals surface area contributed by atoms with Crippen LogP contribution in [0, 0.1) is 11.8 Å². The number of hydrogen-bond donors (Lipinski definition) is 0. The standard InChI is InChI=1S/C19H19F3N2O3S/c20-19(21,22)14-2-1-3-15(8-14)27-16-6-12-9-24(10-13(12)7-16)18(25)26-11-17-23-4-5-28-17/h1-5,8,12-13,16H,6-7,9-11H2/t12-,13+,16-. The number of halogens is 3. The molecule has 1 aromatic carbocycles. The first-order valence-electron chi connectivity index (χ1n) is 9.02. The van der Waals surface area contributed by atoms with Crippen molar-refractivity contribution in [2.24, 2.45) is 11.8 Å². The van der Waals surface area contributed by atoms with Crippen molar-refractivity contribution < 1.29 is 27.4 Å². The van der Waals surface area contributed by atoms with E-state index in [1.807, 2.05) is 5.38 Å². The summed E-state index contributed by atoms with van der Waals surface area (Å²) in [4.78, 5) is 18.0. The zero-order chi connectivity index (χ0) is 19.7. The predicted octanol–water partition coefficient (Wildman–Crippen LogP) is 4.59. The number of hydrogen-bond acceptors (Lipinski definition) is 5. The van der Waals surface area contributed by atoms with Crippen LogP contribution in [0.4, 0.5) is 18.0 Å². The van der Waals surface area contributed by atoms with E-state index in [0.717, 1.165) is 30.0 Å². The summed E-state index contributed by atoms with van der Waals surface area (Å²) in [6, 6.07) is 4.97. The first kappa shape index (κ1) is 19.0. The largest absolute Gasteiger partial charge is 0.490 e. The van der Waals surface area contributed by atoms with Gasteiger partial charge in [-0.3, -0.25) is 0 Å². The van der Waals surface area contributed by atoms with Crippen LogP contribution in [0.3, 0.4) is 0 Å². The maximum atomic E-state index is 12.8. The predicted molar refractivity (Wildman–Crippen MR) is 95.9 cm³/mol. The number of alkyl halides is 3. The van der Waals surface area contributed by atoms with Crippen molar-refractivity contribution in [3.63, 3.8) is 0 Å². The summed E-state index contributed by atoms with van der Waals surface area (Å²) >= 11 is 1.43. The smallest absolute Gasteiger partial charge is 0.416 e. The van der Waals surface area contributed by atoms with Crippen molar-refractivity contribution in [2.75, 3.05) is 13.1 Å². The number of carbonyl (C=O) groups is 1. The summed E-state index contributed by atoms with van der Waals surface area (Å²) in [5.41, 5.74) is -0.711. The van der Waals surface area contributed by atoms with E-state index in [1.165, 1.54) is 17.4 Å². The average molecular weight is 412 g/mol.